The predicted octanol–water partition coefficient (Wildman–Crippen LogP) is 3.49. The van der Waals surface area contributed by atoms with Crippen LogP contribution in [0.15, 0.2) is 60.9 Å². The molecule has 0 spiro atoms. The van der Waals surface area contributed by atoms with E-state index < -0.39 is 0 Å². The number of carbonyl (C=O) groups excluding carboxylic acids is 1. The van der Waals surface area contributed by atoms with E-state index in [1.165, 1.54) is 12.4 Å². The number of rotatable bonds is 6. The van der Waals surface area contributed by atoms with Crippen LogP contribution in [0.3, 0.4) is 0 Å². The van der Waals surface area contributed by atoms with Crippen LogP contribution in [-0.4, -0.2) is 30.1 Å². The Morgan fingerprint density at radius 1 is 0.885 bits per heavy atom. The molecule has 0 atom stereocenters. The van der Waals surface area contributed by atoms with E-state index in [9.17, 15) is 4.79 Å². The van der Waals surface area contributed by atoms with E-state index >= 15 is 0 Å². The summed E-state index contributed by atoms with van der Waals surface area (Å²) in [6.45, 7) is 0. The summed E-state index contributed by atoms with van der Waals surface area (Å²) >= 11 is 0. The highest BCUT2D eigenvalue weighted by Gasteiger charge is 2.09. The lowest BCUT2D eigenvalue weighted by molar-refractivity contribution is 0.102. The highest BCUT2D eigenvalue weighted by atomic mass is 16.5. The molecule has 2 N–H and O–H groups in total. The molecule has 0 aliphatic rings. The van der Waals surface area contributed by atoms with Gasteiger partial charge in [0.25, 0.3) is 5.91 Å². The van der Waals surface area contributed by atoms with Crippen molar-refractivity contribution in [1.29, 1.82) is 0 Å². The summed E-state index contributed by atoms with van der Waals surface area (Å²) in [5.41, 5.74) is 1.68. The fourth-order valence-corrected chi connectivity index (χ4v) is 2.23. The van der Waals surface area contributed by atoms with Gasteiger partial charge in [0.1, 0.15) is 23.0 Å². The Labute approximate surface area is 151 Å². The molecule has 0 saturated heterocycles. The van der Waals surface area contributed by atoms with Gasteiger partial charge in [-0.2, -0.15) is 0 Å². The molecule has 7 heteroatoms. The Morgan fingerprint density at radius 3 is 2.31 bits per heavy atom. The summed E-state index contributed by atoms with van der Waals surface area (Å²) in [6.07, 6.45) is 2.92. The zero-order valence-corrected chi connectivity index (χ0v) is 14.4. The molecule has 0 fully saturated rings. The summed E-state index contributed by atoms with van der Waals surface area (Å²) in [5.74, 6) is 1.64. The number of benzene rings is 2. The van der Waals surface area contributed by atoms with Crippen LogP contribution in [0, 0.1) is 0 Å². The smallest absolute Gasteiger partial charge is 0.275 e. The number of hydrogen-bond acceptors (Lipinski definition) is 6. The van der Waals surface area contributed by atoms with Gasteiger partial charge in [-0.05, 0) is 36.4 Å². The molecule has 1 aromatic heterocycles. The van der Waals surface area contributed by atoms with Gasteiger partial charge in [-0.15, -0.1) is 0 Å². The van der Waals surface area contributed by atoms with Crippen molar-refractivity contribution in [2.75, 3.05) is 24.9 Å². The van der Waals surface area contributed by atoms with Crippen LogP contribution in [0.25, 0.3) is 0 Å². The summed E-state index contributed by atoms with van der Waals surface area (Å²) in [7, 11) is 3.19. The number of amides is 1. The monoisotopic (exact) mass is 350 g/mol. The van der Waals surface area contributed by atoms with E-state index in [0.29, 0.717) is 11.5 Å². The maximum absolute atomic E-state index is 12.2. The average molecular weight is 350 g/mol. The third-order valence-electron chi connectivity index (χ3n) is 3.57. The lowest BCUT2D eigenvalue weighted by Gasteiger charge is -2.08. The van der Waals surface area contributed by atoms with Crippen molar-refractivity contribution in [2.24, 2.45) is 0 Å². The Balaban J connectivity index is 1.65. The van der Waals surface area contributed by atoms with Gasteiger partial charge in [-0.1, -0.05) is 6.07 Å². The first-order chi connectivity index (χ1) is 12.7. The van der Waals surface area contributed by atoms with Crippen molar-refractivity contribution in [3.05, 3.63) is 66.6 Å². The average Bonchev–Trinajstić information content (AvgIpc) is 2.69. The SMILES string of the molecule is COc1ccc(NC(=O)c2cnc(Nc3cccc(OC)c3)cn2)cc1. The van der Waals surface area contributed by atoms with E-state index in [1.54, 1.807) is 38.5 Å². The van der Waals surface area contributed by atoms with E-state index in [-0.39, 0.29) is 11.6 Å². The lowest BCUT2D eigenvalue weighted by atomic mass is 10.3. The second-order valence-corrected chi connectivity index (χ2v) is 5.33. The minimum absolute atomic E-state index is 0.219. The minimum Gasteiger partial charge on any atom is -0.497 e. The number of nitrogens with one attached hydrogen (secondary N) is 2. The van der Waals surface area contributed by atoms with E-state index in [2.05, 4.69) is 20.6 Å². The third kappa shape index (κ3) is 4.27. The fraction of sp³-hybridized carbons (Fsp3) is 0.105. The number of aromatic nitrogens is 2. The Kier molecular flexibility index (Phi) is 5.28. The van der Waals surface area contributed by atoms with Crippen molar-refractivity contribution in [3.63, 3.8) is 0 Å². The van der Waals surface area contributed by atoms with Gasteiger partial charge in [0.2, 0.25) is 0 Å². The zero-order chi connectivity index (χ0) is 18.4. The van der Waals surface area contributed by atoms with Gasteiger partial charge in [0.15, 0.2) is 0 Å². The molecule has 0 bridgehead atoms. The third-order valence-corrected chi connectivity index (χ3v) is 3.57. The molecule has 3 rings (SSSR count). The maximum Gasteiger partial charge on any atom is 0.275 e. The highest BCUT2D eigenvalue weighted by Crippen LogP contribution is 2.20. The van der Waals surface area contributed by atoms with Crippen LogP contribution in [0.2, 0.25) is 0 Å². The van der Waals surface area contributed by atoms with Gasteiger partial charge in [0.05, 0.1) is 26.6 Å². The van der Waals surface area contributed by atoms with Crippen LogP contribution < -0.4 is 20.1 Å². The largest absolute Gasteiger partial charge is 0.497 e. The summed E-state index contributed by atoms with van der Waals surface area (Å²) in [6, 6.07) is 14.5. The minimum atomic E-state index is -0.337. The lowest BCUT2D eigenvalue weighted by Crippen LogP contribution is -2.14. The van der Waals surface area contributed by atoms with Crippen molar-refractivity contribution in [1.82, 2.24) is 9.97 Å². The van der Waals surface area contributed by atoms with Crippen LogP contribution in [0.1, 0.15) is 10.5 Å². The number of methoxy groups -OCH3 is 2. The Morgan fingerprint density at radius 2 is 1.65 bits per heavy atom. The number of hydrogen-bond donors (Lipinski definition) is 2. The van der Waals surface area contributed by atoms with Crippen LogP contribution in [0.5, 0.6) is 11.5 Å². The Hall–Kier alpha value is -3.61. The second kappa shape index (κ2) is 7.98. The van der Waals surface area contributed by atoms with Crippen molar-refractivity contribution in [2.45, 2.75) is 0 Å². The van der Waals surface area contributed by atoms with E-state index in [1.807, 2.05) is 24.3 Å². The molecule has 0 aliphatic carbocycles. The molecule has 0 aliphatic heterocycles. The number of ether oxygens (including phenoxy) is 2. The van der Waals surface area contributed by atoms with E-state index in [0.717, 1.165) is 17.2 Å². The van der Waals surface area contributed by atoms with E-state index in [4.69, 9.17) is 9.47 Å². The van der Waals surface area contributed by atoms with Crippen LogP contribution in [0.4, 0.5) is 17.2 Å². The Bertz CT molecular complexity index is 880. The van der Waals surface area contributed by atoms with Crippen molar-refractivity contribution < 1.29 is 14.3 Å². The van der Waals surface area contributed by atoms with Crippen molar-refractivity contribution in [3.8, 4) is 11.5 Å². The van der Waals surface area contributed by atoms with Gasteiger partial charge in [0, 0.05) is 17.4 Å². The second-order valence-electron chi connectivity index (χ2n) is 5.33. The molecule has 1 amide bonds. The molecule has 1 heterocycles. The summed E-state index contributed by atoms with van der Waals surface area (Å²) in [5, 5.41) is 5.87. The highest BCUT2D eigenvalue weighted by molar-refractivity contribution is 6.02. The first kappa shape index (κ1) is 17.2. The molecule has 26 heavy (non-hydrogen) atoms. The molecule has 0 unspecified atom stereocenters. The first-order valence-corrected chi connectivity index (χ1v) is 7.86. The van der Waals surface area contributed by atoms with Crippen molar-refractivity contribution >= 4 is 23.1 Å². The maximum atomic E-state index is 12.2. The number of anilines is 3. The normalized spacial score (nSPS) is 10.1. The van der Waals surface area contributed by atoms with Gasteiger partial charge in [-0.25, -0.2) is 9.97 Å². The summed E-state index contributed by atoms with van der Waals surface area (Å²) < 4.78 is 10.3. The quantitative estimate of drug-likeness (QED) is 0.708. The topological polar surface area (TPSA) is 85.4 Å². The van der Waals surface area contributed by atoms with Gasteiger partial charge in [-0.3, -0.25) is 4.79 Å². The fourth-order valence-electron chi connectivity index (χ4n) is 2.23. The number of carbonyl (C=O) groups is 1. The molecule has 0 saturated carbocycles. The van der Waals surface area contributed by atoms with Gasteiger partial charge < -0.3 is 20.1 Å². The molecule has 0 radical (unpaired) electrons. The molecular formula is C19H18N4O3. The van der Waals surface area contributed by atoms with Gasteiger partial charge >= 0.3 is 0 Å². The molecule has 3 aromatic rings. The first-order valence-electron chi connectivity index (χ1n) is 7.86. The zero-order valence-electron chi connectivity index (χ0n) is 14.4. The molecule has 132 valence electrons. The molecule has 7 nitrogen and oxygen atoms in total. The summed E-state index contributed by atoms with van der Waals surface area (Å²) in [4.78, 5) is 20.6. The molecule has 2 aromatic carbocycles. The molecular weight excluding hydrogens is 332 g/mol. The van der Waals surface area contributed by atoms with Crippen LogP contribution >= 0.6 is 0 Å². The number of nitrogens with zero attached hydrogens (tertiary/aromatic N) is 2. The standard InChI is InChI=1S/C19H18N4O3/c1-25-15-8-6-13(7-9-15)23-19(24)17-11-21-18(12-20-17)22-14-4-3-5-16(10-14)26-2/h3-12H,1-2H3,(H,21,22)(H,23,24). The predicted molar refractivity (Wildman–Crippen MR) is 99.3 cm³/mol. The van der Waals surface area contributed by atoms with Crippen LogP contribution in [-0.2, 0) is 0 Å².